The van der Waals surface area contributed by atoms with Crippen LogP contribution in [0.4, 0.5) is 0 Å². The van der Waals surface area contributed by atoms with Crippen molar-refractivity contribution >= 4 is 23.4 Å². The molecule has 1 N–H and O–H groups in total. The second kappa shape index (κ2) is 6.52. The number of alkyl halides is 1. The van der Waals surface area contributed by atoms with Crippen LogP contribution in [-0.2, 0) is 11.3 Å². The van der Waals surface area contributed by atoms with Crippen LogP contribution in [0, 0.1) is 0 Å². The molecule has 18 heavy (non-hydrogen) atoms. The number of hydrogen-bond donors (Lipinski definition) is 1. The monoisotopic (exact) mass is 270 g/mol. The summed E-state index contributed by atoms with van der Waals surface area (Å²) >= 11 is 5.75. The maximum Gasteiger partial charge on any atom is 0.338 e. The Labute approximate surface area is 111 Å². The molecule has 0 amide bonds. The summed E-state index contributed by atoms with van der Waals surface area (Å²) in [6, 6.07) is 4.51. The van der Waals surface area contributed by atoms with Crippen LogP contribution in [0.1, 0.15) is 40.1 Å². The summed E-state index contributed by atoms with van der Waals surface area (Å²) in [6.45, 7) is 3.24. The molecule has 4 nitrogen and oxygen atoms in total. The van der Waals surface area contributed by atoms with E-state index in [9.17, 15) is 9.59 Å². The number of carbonyl (C=O) groups is 2. The number of Topliss-reactive ketones (excluding diaryl/α,β-unsaturated/α-hetero) is 1. The van der Waals surface area contributed by atoms with Crippen molar-refractivity contribution in [2.75, 3.05) is 6.61 Å². The van der Waals surface area contributed by atoms with Crippen molar-refractivity contribution in [3.63, 3.8) is 0 Å². The van der Waals surface area contributed by atoms with Gasteiger partial charge in [-0.3, -0.25) is 4.79 Å². The summed E-state index contributed by atoms with van der Waals surface area (Å²) < 4.78 is 4.88. The van der Waals surface area contributed by atoms with E-state index in [0.29, 0.717) is 5.56 Å². The zero-order valence-corrected chi connectivity index (χ0v) is 11.0. The SMILES string of the molecule is CCOC(=O)c1ccc(CO)cc1C(=O)C(C)Cl. The normalized spacial score (nSPS) is 12.0. The highest BCUT2D eigenvalue weighted by Gasteiger charge is 2.21. The number of aliphatic hydroxyl groups excluding tert-OH is 1. The highest BCUT2D eigenvalue weighted by atomic mass is 35.5. The first kappa shape index (κ1) is 14.7. The van der Waals surface area contributed by atoms with E-state index in [1.54, 1.807) is 13.0 Å². The molecule has 0 aliphatic carbocycles. The molecule has 0 aromatic heterocycles. The van der Waals surface area contributed by atoms with E-state index < -0.39 is 11.3 Å². The van der Waals surface area contributed by atoms with E-state index >= 15 is 0 Å². The fourth-order valence-corrected chi connectivity index (χ4v) is 1.61. The number of hydrogen-bond acceptors (Lipinski definition) is 4. The van der Waals surface area contributed by atoms with E-state index in [1.165, 1.54) is 19.1 Å². The van der Waals surface area contributed by atoms with Gasteiger partial charge in [0.05, 0.1) is 24.2 Å². The number of benzene rings is 1. The van der Waals surface area contributed by atoms with Crippen LogP contribution in [0.5, 0.6) is 0 Å². The summed E-state index contributed by atoms with van der Waals surface area (Å²) in [5.74, 6) is -0.933. The number of rotatable bonds is 5. The topological polar surface area (TPSA) is 63.6 Å². The maximum absolute atomic E-state index is 11.9. The van der Waals surface area contributed by atoms with Gasteiger partial charge in [-0.05, 0) is 31.5 Å². The van der Waals surface area contributed by atoms with Gasteiger partial charge in [-0.15, -0.1) is 11.6 Å². The van der Waals surface area contributed by atoms with Crippen LogP contribution in [0.2, 0.25) is 0 Å². The molecule has 0 aliphatic heterocycles. The zero-order valence-electron chi connectivity index (χ0n) is 10.3. The summed E-state index contributed by atoms with van der Waals surface area (Å²) in [5.41, 5.74) is 0.901. The second-order valence-electron chi connectivity index (χ2n) is 3.74. The molecule has 98 valence electrons. The van der Waals surface area contributed by atoms with Crippen LogP contribution >= 0.6 is 11.6 Å². The molecule has 0 heterocycles. The number of ether oxygens (including phenoxy) is 1. The Hall–Kier alpha value is -1.39. The minimum atomic E-state index is -0.743. The second-order valence-corrected chi connectivity index (χ2v) is 4.39. The Bertz CT molecular complexity index is 454. The standard InChI is InChI=1S/C13H15ClO4/c1-3-18-13(17)10-5-4-9(7-15)6-11(10)12(16)8(2)14/h4-6,8,15H,3,7H2,1-2H3. The van der Waals surface area contributed by atoms with E-state index in [2.05, 4.69) is 0 Å². The first-order valence-electron chi connectivity index (χ1n) is 5.60. The van der Waals surface area contributed by atoms with Gasteiger partial charge < -0.3 is 9.84 Å². The van der Waals surface area contributed by atoms with E-state index in [1.807, 2.05) is 0 Å². The van der Waals surface area contributed by atoms with Gasteiger partial charge in [-0.1, -0.05) is 6.07 Å². The number of esters is 1. The van der Waals surface area contributed by atoms with Gasteiger partial charge in [0, 0.05) is 5.56 Å². The fraction of sp³-hybridized carbons (Fsp3) is 0.385. The zero-order chi connectivity index (χ0) is 13.7. The van der Waals surface area contributed by atoms with Crippen molar-refractivity contribution in [2.45, 2.75) is 25.8 Å². The average molecular weight is 271 g/mol. The summed E-state index contributed by atoms with van der Waals surface area (Å²) in [6.07, 6.45) is 0. The Morgan fingerprint density at radius 2 is 2.06 bits per heavy atom. The van der Waals surface area contributed by atoms with E-state index in [0.717, 1.165) is 0 Å². The van der Waals surface area contributed by atoms with Crippen molar-refractivity contribution < 1.29 is 19.4 Å². The predicted octanol–water partition coefficient (Wildman–Crippen LogP) is 2.17. The average Bonchev–Trinajstić information content (AvgIpc) is 2.37. The van der Waals surface area contributed by atoms with Crippen LogP contribution in [0.15, 0.2) is 18.2 Å². The molecule has 1 aromatic rings. The number of carbonyl (C=O) groups excluding carboxylic acids is 2. The highest BCUT2D eigenvalue weighted by molar-refractivity contribution is 6.34. The van der Waals surface area contributed by atoms with Crippen LogP contribution < -0.4 is 0 Å². The van der Waals surface area contributed by atoms with Gasteiger partial charge in [0.15, 0.2) is 5.78 Å². The molecule has 0 fully saturated rings. The molecule has 5 heteroatoms. The van der Waals surface area contributed by atoms with Crippen LogP contribution in [-0.4, -0.2) is 28.8 Å². The minimum absolute atomic E-state index is 0.173. The molecule has 1 unspecified atom stereocenters. The highest BCUT2D eigenvalue weighted by Crippen LogP contribution is 2.17. The Morgan fingerprint density at radius 3 is 2.56 bits per heavy atom. The third kappa shape index (κ3) is 3.31. The van der Waals surface area contributed by atoms with Gasteiger partial charge in [0.25, 0.3) is 0 Å². The largest absolute Gasteiger partial charge is 0.462 e. The maximum atomic E-state index is 11.9. The summed E-state index contributed by atoms with van der Waals surface area (Å²) in [4.78, 5) is 23.6. The van der Waals surface area contributed by atoms with Crippen molar-refractivity contribution in [2.24, 2.45) is 0 Å². The number of ketones is 1. The van der Waals surface area contributed by atoms with Gasteiger partial charge in [0.1, 0.15) is 0 Å². The fourth-order valence-electron chi connectivity index (χ4n) is 1.49. The quantitative estimate of drug-likeness (QED) is 0.506. The smallest absolute Gasteiger partial charge is 0.338 e. The first-order valence-corrected chi connectivity index (χ1v) is 6.04. The Morgan fingerprint density at radius 1 is 1.39 bits per heavy atom. The molecular weight excluding hydrogens is 256 g/mol. The summed E-state index contributed by atoms with van der Waals surface area (Å²) in [5, 5.41) is 8.31. The summed E-state index contributed by atoms with van der Waals surface area (Å²) in [7, 11) is 0. The lowest BCUT2D eigenvalue weighted by molar-refractivity contribution is 0.0523. The molecule has 0 bridgehead atoms. The lowest BCUT2D eigenvalue weighted by Crippen LogP contribution is -2.17. The number of aliphatic hydroxyl groups is 1. The molecule has 0 radical (unpaired) electrons. The minimum Gasteiger partial charge on any atom is -0.462 e. The lowest BCUT2D eigenvalue weighted by Gasteiger charge is -2.10. The van der Waals surface area contributed by atoms with Crippen LogP contribution in [0.25, 0.3) is 0 Å². The van der Waals surface area contributed by atoms with Gasteiger partial charge in [0.2, 0.25) is 0 Å². The van der Waals surface area contributed by atoms with E-state index in [-0.39, 0.29) is 30.1 Å². The molecule has 1 atom stereocenters. The third-order valence-electron chi connectivity index (χ3n) is 2.39. The first-order chi connectivity index (χ1) is 8.51. The molecule has 1 aromatic carbocycles. The van der Waals surface area contributed by atoms with Crippen LogP contribution in [0.3, 0.4) is 0 Å². The van der Waals surface area contributed by atoms with Gasteiger partial charge >= 0.3 is 5.97 Å². The van der Waals surface area contributed by atoms with Gasteiger partial charge in [-0.2, -0.15) is 0 Å². The lowest BCUT2D eigenvalue weighted by atomic mass is 9.99. The molecule has 0 saturated carbocycles. The molecular formula is C13H15ClO4. The molecule has 1 rings (SSSR count). The molecule has 0 saturated heterocycles. The number of halogens is 1. The third-order valence-corrected chi connectivity index (χ3v) is 2.59. The Kier molecular flexibility index (Phi) is 5.31. The van der Waals surface area contributed by atoms with Crippen molar-refractivity contribution in [1.82, 2.24) is 0 Å². The van der Waals surface area contributed by atoms with Crippen molar-refractivity contribution in [3.8, 4) is 0 Å². The van der Waals surface area contributed by atoms with Crippen molar-refractivity contribution in [1.29, 1.82) is 0 Å². The predicted molar refractivity (Wildman–Crippen MR) is 68.0 cm³/mol. The van der Waals surface area contributed by atoms with Crippen molar-refractivity contribution in [3.05, 3.63) is 34.9 Å². The molecule has 0 aliphatic rings. The Balaban J connectivity index is 3.24. The van der Waals surface area contributed by atoms with E-state index in [4.69, 9.17) is 21.4 Å². The van der Waals surface area contributed by atoms with Gasteiger partial charge in [-0.25, -0.2) is 4.79 Å². The molecule has 0 spiro atoms.